The van der Waals surface area contributed by atoms with E-state index in [0.29, 0.717) is 35.9 Å². The second kappa shape index (κ2) is 15.5. The standard InChI is InChI=1S/C29H33N7O.C4H8O/c1-32-22-7-5-6-20(16-22)28-34-27-11-9-24(37-15-14-36-12-3-2-4-13-36)18-25(27)29(35-28)33-23-8-10-26(31)21(17-23)19-30;1-2-3-4-5/h5-11,16-19,30,32H,2-4,12-15,31H2,1H3,(H,33,34,35);4H,2-3H2,1H3. The van der Waals surface area contributed by atoms with Crippen LogP contribution in [0.4, 0.5) is 22.9 Å². The van der Waals surface area contributed by atoms with Gasteiger partial charge in [0.1, 0.15) is 24.5 Å². The first kappa shape index (κ1) is 30.5. The molecule has 0 spiro atoms. The SMILES string of the molecule is CCCC=O.CNc1cccc(-c2nc(Nc3ccc(N)c(C=N)c3)c3cc(OCCN4CCCCC4)ccc3n2)c1. The van der Waals surface area contributed by atoms with Crippen molar-refractivity contribution in [3.8, 4) is 17.1 Å². The lowest BCUT2D eigenvalue weighted by Gasteiger charge is -2.26. The molecule has 0 radical (unpaired) electrons. The van der Waals surface area contributed by atoms with Crippen molar-refractivity contribution < 1.29 is 9.53 Å². The van der Waals surface area contributed by atoms with Crippen LogP contribution in [0.2, 0.25) is 0 Å². The predicted octanol–water partition coefficient (Wildman–Crippen LogP) is 6.51. The van der Waals surface area contributed by atoms with Gasteiger partial charge in [0.05, 0.1) is 5.52 Å². The highest BCUT2D eigenvalue weighted by Gasteiger charge is 2.14. The van der Waals surface area contributed by atoms with Crippen LogP contribution >= 0.6 is 0 Å². The van der Waals surface area contributed by atoms with Crippen molar-refractivity contribution in [2.75, 3.05) is 49.7 Å². The number of rotatable bonds is 11. The number of nitrogens with zero attached hydrogens (tertiary/aromatic N) is 3. The van der Waals surface area contributed by atoms with Crippen molar-refractivity contribution in [1.82, 2.24) is 14.9 Å². The van der Waals surface area contributed by atoms with Crippen molar-refractivity contribution in [2.45, 2.75) is 39.0 Å². The number of anilines is 4. The van der Waals surface area contributed by atoms with Crippen molar-refractivity contribution in [1.29, 1.82) is 5.41 Å². The Morgan fingerprint density at radius 3 is 2.57 bits per heavy atom. The van der Waals surface area contributed by atoms with Crippen LogP contribution in [0.3, 0.4) is 0 Å². The highest BCUT2D eigenvalue weighted by atomic mass is 16.5. The first-order chi connectivity index (χ1) is 20.5. The number of carbonyl (C=O) groups is 1. The third kappa shape index (κ3) is 8.27. The topological polar surface area (TPSA) is 129 Å². The van der Waals surface area contributed by atoms with Crippen LogP contribution < -0.4 is 21.1 Å². The smallest absolute Gasteiger partial charge is 0.162 e. The third-order valence-electron chi connectivity index (χ3n) is 7.11. The Kier molecular flexibility index (Phi) is 11.2. The van der Waals surface area contributed by atoms with Gasteiger partial charge in [-0.15, -0.1) is 0 Å². The van der Waals surface area contributed by atoms with Crippen LogP contribution in [0.15, 0.2) is 60.7 Å². The summed E-state index contributed by atoms with van der Waals surface area (Å²) in [5, 5.41) is 15.1. The Labute approximate surface area is 248 Å². The molecule has 3 aromatic carbocycles. The number of piperidine rings is 1. The molecule has 5 N–H and O–H groups in total. The van der Waals surface area contributed by atoms with E-state index in [-0.39, 0.29) is 0 Å². The van der Waals surface area contributed by atoms with Crippen LogP contribution in [-0.2, 0) is 4.79 Å². The fourth-order valence-electron chi connectivity index (χ4n) is 4.74. The quantitative estimate of drug-likeness (QED) is 0.0917. The molecular weight excluding hydrogens is 526 g/mol. The Balaban J connectivity index is 0.000000748. The highest BCUT2D eigenvalue weighted by Crippen LogP contribution is 2.31. The lowest BCUT2D eigenvalue weighted by molar-refractivity contribution is -0.107. The third-order valence-corrected chi connectivity index (χ3v) is 7.11. The molecule has 4 aromatic rings. The summed E-state index contributed by atoms with van der Waals surface area (Å²) >= 11 is 0. The summed E-state index contributed by atoms with van der Waals surface area (Å²) in [5.41, 5.74) is 10.7. The molecule has 2 heterocycles. The Bertz CT molecular complexity index is 1480. The van der Waals surface area contributed by atoms with Gasteiger partial charge in [-0.1, -0.05) is 25.5 Å². The maximum Gasteiger partial charge on any atom is 0.162 e. The van der Waals surface area contributed by atoms with E-state index in [1.165, 1.54) is 25.5 Å². The van der Waals surface area contributed by atoms with Gasteiger partial charge in [0.15, 0.2) is 5.82 Å². The van der Waals surface area contributed by atoms with Gasteiger partial charge < -0.3 is 31.3 Å². The van der Waals surface area contributed by atoms with E-state index in [4.69, 9.17) is 25.8 Å². The van der Waals surface area contributed by atoms with E-state index in [0.717, 1.165) is 65.9 Å². The lowest BCUT2D eigenvalue weighted by atomic mass is 10.1. The molecule has 1 saturated heterocycles. The molecule has 1 fully saturated rings. The fraction of sp³-hybridized carbons (Fsp3) is 0.333. The number of carbonyl (C=O) groups excluding carboxylic acids is 1. The molecule has 9 nitrogen and oxygen atoms in total. The van der Waals surface area contributed by atoms with Crippen molar-refractivity contribution >= 4 is 46.3 Å². The van der Waals surface area contributed by atoms with Gasteiger partial charge in [-0.25, -0.2) is 9.97 Å². The Hall–Kier alpha value is -4.50. The summed E-state index contributed by atoms with van der Waals surface area (Å²) in [5.74, 6) is 2.07. The molecule has 0 aliphatic carbocycles. The molecular formula is C33H41N7O2. The molecule has 1 aliphatic heterocycles. The number of nitrogens with one attached hydrogen (secondary N) is 3. The van der Waals surface area contributed by atoms with Gasteiger partial charge in [-0.05, 0) is 80.9 Å². The normalized spacial score (nSPS) is 13.1. The zero-order valence-corrected chi connectivity index (χ0v) is 24.5. The van der Waals surface area contributed by atoms with Gasteiger partial charge in [0, 0.05) is 59.8 Å². The van der Waals surface area contributed by atoms with Crippen LogP contribution in [-0.4, -0.2) is 60.7 Å². The second-order valence-corrected chi connectivity index (χ2v) is 10.2. The summed E-state index contributed by atoms with van der Waals surface area (Å²) in [7, 11) is 1.89. The van der Waals surface area contributed by atoms with E-state index < -0.39 is 0 Å². The number of unbranched alkanes of at least 4 members (excludes halogenated alkanes) is 1. The monoisotopic (exact) mass is 567 g/mol. The van der Waals surface area contributed by atoms with E-state index in [1.54, 1.807) is 6.07 Å². The maximum atomic E-state index is 9.40. The molecule has 9 heteroatoms. The van der Waals surface area contributed by atoms with E-state index in [9.17, 15) is 4.79 Å². The number of hydrogen-bond donors (Lipinski definition) is 4. The number of hydrogen-bond acceptors (Lipinski definition) is 9. The summed E-state index contributed by atoms with van der Waals surface area (Å²) in [6.45, 7) is 5.86. The minimum atomic E-state index is 0.557. The van der Waals surface area contributed by atoms with Crippen LogP contribution in [0.5, 0.6) is 5.75 Å². The van der Waals surface area contributed by atoms with Gasteiger partial charge in [0.2, 0.25) is 0 Å². The minimum Gasteiger partial charge on any atom is -0.492 e. The Morgan fingerprint density at radius 2 is 1.86 bits per heavy atom. The zero-order chi connectivity index (χ0) is 29.7. The molecule has 220 valence electrons. The number of likely N-dealkylation sites (tertiary alicyclic amines) is 1. The first-order valence-electron chi connectivity index (χ1n) is 14.6. The Morgan fingerprint density at radius 1 is 1.02 bits per heavy atom. The molecule has 0 bridgehead atoms. The van der Waals surface area contributed by atoms with Crippen LogP contribution in [0, 0.1) is 5.41 Å². The van der Waals surface area contributed by atoms with E-state index >= 15 is 0 Å². The van der Waals surface area contributed by atoms with Crippen molar-refractivity contribution in [3.05, 3.63) is 66.2 Å². The first-order valence-corrected chi connectivity index (χ1v) is 14.6. The number of nitrogens with two attached hydrogens (primary N) is 1. The maximum absolute atomic E-state index is 9.40. The van der Waals surface area contributed by atoms with Crippen LogP contribution in [0.25, 0.3) is 22.3 Å². The zero-order valence-electron chi connectivity index (χ0n) is 24.5. The average molecular weight is 568 g/mol. The number of benzene rings is 3. The number of aldehydes is 1. The molecule has 1 aromatic heterocycles. The molecule has 0 amide bonds. The average Bonchev–Trinajstić information content (AvgIpc) is 3.03. The summed E-state index contributed by atoms with van der Waals surface area (Å²) in [6, 6.07) is 19.5. The fourth-order valence-corrected chi connectivity index (χ4v) is 4.74. The van der Waals surface area contributed by atoms with E-state index in [1.807, 2.05) is 68.6 Å². The second-order valence-electron chi connectivity index (χ2n) is 10.2. The van der Waals surface area contributed by atoms with Gasteiger partial charge in [-0.3, -0.25) is 4.90 Å². The molecule has 0 saturated carbocycles. The summed E-state index contributed by atoms with van der Waals surface area (Å²) < 4.78 is 6.14. The largest absolute Gasteiger partial charge is 0.492 e. The van der Waals surface area contributed by atoms with Crippen molar-refractivity contribution in [3.63, 3.8) is 0 Å². The van der Waals surface area contributed by atoms with Gasteiger partial charge in [0.25, 0.3) is 0 Å². The van der Waals surface area contributed by atoms with Crippen LogP contribution in [0.1, 0.15) is 44.6 Å². The van der Waals surface area contributed by atoms with E-state index in [2.05, 4.69) is 15.5 Å². The molecule has 42 heavy (non-hydrogen) atoms. The predicted molar refractivity (Wildman–Crippen MR) is 173 cm³/mol. The summed E-state index contributed by atoms with van der Waals surface area (Å²) in [6.07, 6.45) is 7.74. The number of nitrogen functional groups attached to an aromatic ring is 1. The van der Waals surface area contributed by atoms with Crippen molar-refractivity contribution in [2.24, 2.45) is 0 Å². The molecule has 0 unspecified atom stereocenters. The molecule has 1 aliphatic rings. The molecule has 0 atom stereocenters. The number of fused-ring (bicyclic) bond motifs is 1. The number of ether oxygens (including phenoxy) is 1. The van der Waals surface area contributed by atoms with Gasteiger partial charge >= 0.3 is 0 Å². The lowest BCUT2D eigenvalue weighted by Crippen LogP contribution is -2.33. The van der Waals surface area contributed by atoms with Gasteiger partial charge in [-0.2, -0.15) is 0 Å². The minimum absolute atomic E-state index is 0.557. The molecule has 5 rings (SSSR count). The summed E-state index contributed by atoms with van der Waals surface area (Å²) in [4.78, 5) is 21.7. The number of aromatic nitrogens is 2. The highest BCUT2D eigenvalue weighted by molar-refractivity contribution is 5.94.